The second kappa shape index (κ2) is 8.31. The molecule has 0 bridgehead atoms. The molecule has 0 saturated carbocycles. The molecule has 1 fully saturated rings. The Morgan fingerprint density at radius 3 is 2.74 bits per heavy atom. The van der Waals surface area contributed by atoms with Crippen LogP contribution in [0.3, 0.4) is 0 Å². The highest BCUT2D eigenvalue weighted by atomic mass is 32.2. The zero-order valence-corrected chi connectivity index (χ0v) is 14.2. The Kier molecular flexibility index (Phi) is 6.41. The predicted molar refractivity (Wildman–Crippen MR) is 89.2 cm³/mol. The first-order chi connectivity index (χ1) is 11.0. The molecule has 128 valence electrons. The van der Waals surface area contributed by atoms with Crippen molar-refractivity contribution >= 4 is 15.9 Å². The number of hydrogen-bond acceptors (Lipinski definition) is 4. The van der Waals surface area contributed by atoms with E-state index in [-0.39, 0.29) is 30.2 Å². The zero-order chi connectivity index (χ0) is 16.7. The van der Waals surface area contributed by atoms with Crippen LogP contribution in [0.25, 0.3) is 0 Å². The summed E-state index contributed by atoms with van der Waals surface area (Å²) >= 11 is 0. The average molecular weight is 340 g/mol. The van der Waals surface area contributed by atoms with Crippen LogP contribution in [0.2, 0.25) is 0 Å². The van der Waals surface area contributed by atoms with Crippen LogP contribution in [-0.4, -0.2) is 63.2 Å². The van der Waals surface area contributed by atoms with Gasteiger partial charge in [-0.15, -0.1) is 0 Å². The van der Waals surface area contributed by atoms with Gasteiger partial charge in [-0.1, -0.05) is 30.3 Å². The lowest BCUT2D eigenvalue weighted by molar-refractivity contribution is -0.00338. The van der Waals surface area contributed by atoms with Crippen LogP contribution in [-0.2, 0) is 21.0 Å². The van der Waals surface area contributed by atoms with Gasteiger partial charge in [0, 0.05) is 19.6 Å². The van der Waals surface area contributed by atoms with Gasteiger partial charge in [0.1, 0.15) is 0 Å². The van der Waals surface area contributed by atoms with Gasteiger partial charge < -0.3 is 15.0 Å². The Bertz CT molecular complexity index is 604. The quantitative estimate of drug-likeness (QED) is 0.841. The molecule has 1 aliphatic heterocycles. The van der Waals surface area contributed by atoms with E-state index in [0.29, 0.717) is 26.1 Å². The Morgan fingerprint density at radius 2 is 2.04 bits per heavy atom. The Hall–Kier alpha value is -1.60. The molecule has 1 aromatic carbocycles. The third kappa shape index (κ3) is 6.19. The molecule has 2 rings (SSSR count). The molecule has 0 aromatic heterocycles. The van der Waals surface area contributed by atoms with Crippen molar-refractivity contribution in [2.24, 2.45) is 0 Å². The number of rotatable bonds is 6. The Morgan fingerprint density at radius 1 is 1.30 bits per heavy atom. The van der Waals surface area contributed by atoms with Gasteiger partial charge in [-0.25, -0.2) is 13.2 Å². The molecular formula is C16H24N2O4S. The molecule has 1 N–H and O–H groups in total. The van der Waals surface area contributed by atoms with Crippen molar-refractivity contribution < 1.29 is 17.9 Å². The number of morpholine rings is 1. The maximum Gasteiger partial charge on any atom is 0.317 e. The van der Waals surface area contributed by atoms with Crippen LogP contribution in [0.5, 0.6) is 0 Å². The number of ether oxygens (including phenoxy) is 1. The van der Waals surface area contributed by atoms with Crippen molar-refractivity contribution in [3.63, 3.8) is 0 Å². The van der Waals surface area contributed by atoms with E-state index >= 15 is 0 Å². The lowest BCUT2D eigenvalue weighted by Gasteiger charge is -2.31. The molecule has 1 atom stereocenters. The van der Waals surface area contributed by atoms with E-state index in [0.717, 1.165) is 5.56 Å². The summed E-state index contributed by atoms with van der Waals surface area (Å²) in [6, 6.07) is 9.29. The van der Waals surface area contributed by atoms with Gasteiger partial charge in [-0.2, -0.15) is 0 Å². The van der Waals surface area contributed by atoms with Crippen LogP contribution in [0.1, 0.15) is 12.5 Å². The highest BCUT2D eigenvalue weighted by Gasteiger charge is 2.21. The molecule has 6 nitrogen and oxygen atoms in total. The molecule has 0 spiro atoms. The smallest absolute Gasteiger partial charge is 0.317 e. The van der Waals surface area contributed by atoms with Crippen LogP contribution in [0.4, 0.5) is 4.79 Å². The molecule has 1 aromatic rings. The highest BCUT2D eigenvalue weighted by molar-refractivity contribution is 7.91. The van der Waals surface area contributed by atoms with Gasteiger partial charge in [-0.3, -0.25) is 0 Å². The second-order valence-electron chi connectivity index (χ2n) is 5.75. The minimum Gasteiger partial charge on any atom is -0.375 e. The fraction of sp³-hybridized carbons (Fsp3) is 0.562. The number of amides is 2. The van der Waals surface area contributed by atoms with E-state index in [9.17, 15) is 13.2 Å². The normalized spacial score (nSPS) is 18.7. The van der Waals surface area contributed by atoms with Crippen molar-refractivity contribution in [1.82, 2.24) is 10.2 Å². The summed E-state index contributed by atoms with van der Waals surface area (Å²) in [6.07, 6.45) is 0.516. The van der Waals surface area contributed by atoms with E-state index < -0.39 is 9.84 Å². The first-order valence-corrected chi connectivity index (χ1v) is 9.67. The van der Waals surface area contributed by atoms with E-state index in [1.54, 1.807) is 4.90 Å². The third-order valence-electron chi connectivity index (χ3n) is 3.76. The van der Waals surface area contributed by atoms with Gasteiger partial charge >= 0.3 is 6.03 Å². The Labute approximate surface area is 137 Å². The van der Waals surface area contributed by atoms with Gasteiger partial charge in [0.25, 0.3) is 0 Å². The van der Waals surface area contributed by atoms with Gasteiger partial charge in [0.05, 0.1) is 24.2 Å². The fourth-order valence-corrected chi connectivity index (χ4v) is 3.61. The molecule has 7 heteroatoms. The third-order valence-corrected chi connectivity index (χ3v) is 5.41. The number of aryl methyl sites for hydroxylation is 1. The van der Waals surface area contributed by atoms with Gasteiger partial charge in [-0.05, 0) is 18.9 Å². The maximum atomic E-state index is 12.0. The molecule has 2 amide bonds. The van der Waals surface area contributed by atoms with Crippen LogP contribution >= 0.6 is 0 Å². The molecule has 0 radical (unpaired) electrons. The average Bonchev–Trinajstić information content (AvgIpc) is 2.54. The summed E-state index contributed by atoms with van der Waals surface area (Å²) in [4.78, 5) is 13.6. The van der Waals surface area contributed by atoms with Gasteiger partial charge in [0.2, 0.25) is 0 Å². The summed E-state index contributed by atoms with van der Waals surface area (Å²) in [6.45, 7) is 3.64. The second-order valence-corrected chi connectivity index (χ2v) is 8.05. The molecule has 0 aliphatic carbocycles. The Balaban J connectivity index is 1.70. The predicted octanol–water partition coefficient (Wildman–Crippen LogP) is 1.07. The van der Waals surface area contributed by atoms with Crippen molar-refractivity contribution in [2.75, 3.05) is 37.7 Å². The SMILES string of the molecule is CC1CN(C(=O)NCCS(=O)(=O)CCc2ccccc2)CCO1. The minimum absolute atomic E-state index is 0.0177. The number of benzene rings is 1. The summed E-state index contributed by atoms with van der Waals surface area (Å²) < 4.78 is 29.4. The summed E-state index contributed by atoms with van der Waals surface area (Å²) in [5.41, 5.74) is 1.00. The lowest BCUT2D eigenvalue weighted by atomic mass is 10.2. The molecule has 1 unspecified atom stereocenters. The van der Waals surface area contributed by atoms with Crippen molar-refractivity contribution in [3.8, 4) is 0 Å². The molecule has 23 heavy (non-hydrogen) atoms. The van der Waals surface area contributed by atoms with Crippen LogP contribution in [0, 0.1) is 0 Å². The summed E-state index contributed by atoms with van der Waals surface area (Å²) in [5, 5.41) is 2.68. The largest absolute Gasteiger partial charge is 0.375 e. The monoisotopic (exact) mass is 340 g/mol. The van der Waals surface area contributed by atoms with E-state index in [1.807, 2.05) is 37.3 Å². The van der Waals surface area contributed by atoms with Crippen molar-refractivity contribution in [2.45, 2.75) is 19.4 Å². The highest BCUT2D eigenvalue weighted by Crippen LogP contribution is 2.05. The van der Waals surface area contributed by atoms with Crippen LogP contribution in [0.15, 0.2) is 30.3 Å². The van der Waals surface area contributed by atoms with Crippen LogP contribution < -0.4 is 5.32 Å². The topological polar surface area (TPSA) is 75.7 Å². The van der Waals surface area contributed by atoms with E-state index in [1.165, 1.54) is 0 Å². The number of hydrogen-bond donors (Lipinski definition) is 1. The minimum atomic E-state index is -3.17. The number of sulfone groups is 1. The number of carbonyl (C=O) groups excluding carboxylic acids is 1. The first kappa shape index (κ1) is 17.7. The zero-order valence-electron chi connectivity index (χ0n) is 13.4. The number of nitrogens with one attached hydrogen (secondary N) is 1. The first-order valence-electron chi connectivity index (χ1n) is 7.85. The van der Waals surface area contributed by atoms with Gasteiger partial charge in [0.15, 0.2) is 9.84 Å². The molecule has 1 saturated heterocycles. The molecular weight excluding hydrogens is 316 g/mol. The fourth-order valence-electron chi connectivity index (χ4n) is 2.45. The van der Waals surface area contributed by atoms with Crippen molar-refractivity contribution in [1.29, 1.82) is 0 Å². The van der Waals surface area contributed by atoms with Crippen molar-refractivity contribution in [3.05, 3.63) is 35.9 Å². The molecule has 1 heterocycles. The van der Waals surface area contributed by atoms with E-state index in [4.69, 9.17) is 4.74 Å². The number of nitrogens with zero attached hydrogens (tertiary/aromatic N) is 1. The number of urea groups is 1. The van der Waals surface area contributed by atoms with E-state index in [2.05, 4.69) is 5.32 Å². The summed E-state index contributed by atoms with van der Waals surface area (Å²) in [7, 11) is -3.17. The maximum absolute atomic E-state index is 12.0. The lowest BCUT2D eigenvalue weighted by Crippen LogP contribution is -2.49. The molecule has 1 aliphatic rings. The number of carbonyl (C=O) groups is 1. The standard InChI is InChI=1S/C16H24N2O4S/c1-14-13-18(9-10-22-14)16(19)17-8-12-23(20,21)11-7-15-5-3-2-4-6-15/h2-6,14H,7-13H2,1H3,(H,17,19). The summed E-state index contributed by atoms with van der Waals surface area (Å²) in [5.74, 6) is 0.0624.